The van der Waals surface area contributed by atoms with Crippen LogP contribution in [0, 0.1) is 0 Å². The SMILES string of the molecule is CC(C)NC(=O)N1CCN(CCn2ccnc2-c2ccccc2)CC1. The number of amides is 2. The number of imidazole rings is 1. The smallest absolute Gasteiger partial charge is 0.317 e. The second-order valence-electron chi connectivity index (χ2n) is 6.74. The molecule has 6 nitrogen and oxygen atoms in total. The van der Waals surface area contributed by atoms with Crippen molar-refractivity contribution in [2.24, 2.45) is 0 Å². The molecule has 0 atom stereocenters. The van der Waals surface area contributed by atoms with E-state index in [1.807, 2.05) is 49.3 Å². The van der Waals surface area contributed by atoms with Gasteiger partial charge in [0.2, 0.25) is 0 Å². The molecule has 1 aromatic heterocycles. The molecule has 25 heavy (non-hydrogen) atoms. The van der Waals surface area contributed by atoms with E-state index in [0.29, 0.717) is 0 Å². The Balaban J connectivity index is 1.50. The molecule has 0 spiro atoms. The Morgan fingerprint density at radius 1 is 1.12 bits per heavy atom. The molecule has 2 amide bonds. The van der Waals surface area contributed by atoms with Crippen LogP contribution in [0.3, 0.4) is 0 Å². The number of hydrogen-bond acceptors (Lipinski definition) is 3. The zero-order valence-electron chi connectivity index (χ0n) is 15.1. The zero-order valence-corrected chi connectivity index (χ0v) is 15.1. The number of carbonyl (C=O) groups excluding carboxylic acids is 1. The van der Waals surface area contributed by atoms with Gasteiger partial charge in [0, 0.05) is 63.3 Å². The van der Waals surface area contributed by atoms with Gasteiger partial charge in [-0.1, -0.05) is 30.3 Å². The van der Waals surface area contributed by atoms with E-state index in [-0.39, 0.29) is 12.1 Å². The van der Waals surface area contributed by atoms with Gasteiger partial charge in [0.1, 0.15) is 5.82 Å². The number of aromatic nitrogens is 2. The van der Waals surface area contributed by atoms with E-state index >= 15 is 0 Å². The standard InChI is InChI=1S/C19H27N5O/c1-16(2)21-19(25)24-14-11-22(12-15-24)10-13-23-9-8-20-18(23)17-6-4-3-5-7-17/h3-9,16H,10-15H2,1-2H3,(H,21,25). The Morgan fingerprint density at radius 2 is 1.84 bits per heavy atom. The molecule has 2 heterocycles. The Hall–Kier alpha value is -2.34. The van der Waals surface area contributed by atoms with Crippen LogP contribution in [-0.2, 0) is 6.54 Å². The quantitative estimate of drug-likeness (QED) is 0.908. The van der Waals surface area contributed by atoms with Crippen molar-refractivity contribution in [2.75, 3.05) is 32.7 Å². The molecule has 1 saturated heterocycles. The highest BCUT2D eigenvalue weighted by atomic mass is 16.2. The van der Waals surface area contributed by atoms with Gasteiger partial charge < -0.3 is 14.8 Å². The average molecular weight is 341 g/mol. The molecule has 6 heteroatoms. The van der Waals surface area contributed by atoms with Crippen molar-refractivity contribution in [3.05, 3.63) is 42.7 Å². The summed E-state index contributed by atoms with van der Waals surface area (Å²) in [6.45, 7) is 9.26. The molecule has 1 aliphatic heterocycles. The van der Waals surface area contributed by atoms with Crippen molar-refractivity contribution in [1.29, 1.82) is 0 Å². The van der Waals surface area contributed by atoms with Gasteiger partial charge in [-0.3, -0.25) is 4.90 Å². The Kier molecular flexibility index (Phi) is 5.71. The third kappa shape index (κ3) is 4.60. The van der Waals surface area contributed by atoms with Gasteiger partial charge in [-0.2, -0.15) is 0 Å². The van der Waals surface area contributed by atoms with Crippen LogP contribution in [0.25, 0.3) is 11.4 Å². The van der Waals surface area contributed by atoms with Gasteiger partial charge in [0.25, 0.3) is 0 Å². The first-order valence-corrected chi connectivity index (χ1v) is 8.98. The lowest BCUT2D eigenvalue weighted by Gasteiger charge is -2.35. The van der Waals surface area contributed by atoms with Gasteiger partial charge in [0.05, 0.1) is 0 Å². The second-order valence-corrected chi connectivity index (χ2v) is 6.74. The van der Waals surface area contributed by atoms with Gasteiger partial charge in [-0.05, 0) is 13.8 Å². The summed E-state index contributed by atoms with van der Waals surface area (Å²) in [7, 11) is 0. The minimum atomic E-state index is 0.0515. The van der Waals surface area contributed by atoms with Crippen molar-refractivity contribution >= 4 is 6.03 Å². The lowest BCUT2D eigenvalue weighted by Crippen LogP contribution is -2.53. The van der Waals surface area contributed by atoms with Crippen LogP contribution in [0.4, 0.5) is 4.79 Å². The molecule has 0 radical (unpaired) electrons. The lowest BCUT2D eigenvalue weighted by molar-refractivity contribution is 0.135. The second kappa shape index (κ2) is 8.16. The molecule has 1 N–H and O–H groups in total. The number of rotatable bonds is 5. The molecule has 2 aromatic rings. The summed E-state index contributed by atoms with van der Waals surface area (Å²) in [6.07, 6.45) is 3.89. The van der Waals surface area contributed by atoms with Crippen molar-refractivity contribution in [3.8, 4) is 11.4 Å². The van der Waals surface area contributed by atoms with Gasteiger partial charge in [0.15, 0.2) is 0 Å². The summed E-state index contributed by atoms with van der Waals surface area (Å²) in [6, 6.07) is 10.5. The van der Waals surface area contributed by atoms with E-state index < -0.39 is 0 Å². The topological polar surface area (TPSA) is 53.4 Å². The number of urea groups is 1. The van der Waals surface area contributed by atoms with E-state index in [0.717, 1.165) is 50.7 Å². The largest absolute Gasteiger partial charge is 0.336 e. The number of nitrogens with zero attached hydrogens (tertiary/aromatic N) is 4. The molecule has 0 aliphatic carbocycles. The zero-order chi connectivity index (χ0) is 17.6. The molecule has 3 rings (SSSR count). The fourth-order valence-corrected chi connectivity index (χ4v) is 3.10. The summed E-state index contributed by atoms with van der Waals surface area (Å²) >= 11 is 0. The summed E-state index contributed by atoms with van der Waals surface area (Å²) in [5.41, 5.74) is 1.14. The Morgan fingerprint density at radius 3 is 2.52 bits per heavy atom. The minimum absolute atomic E-state index is 0.0515. The van der Waals surface area contributed by atoms with Crippen LogP contribution < -0.4 is 5.32 Å². The maximum atomic E-state index is 12.0. The fourth-order valence-electron chi connectivity index (χ4n) is 3.10. The number of nitrogens with one attached hydrogen (secondary N) is 1. The fraction of sp³-hybridized carbons (Fsp3) is 0.474. The van der Waals surface area contributed by atoms with Crippen LogP contribution in [0.5, 0.6) is 0 Å². The van der Waals surface area contributed by atoms with Crippen LogP contribution in [0.2, 0.25) is 0 Å². The molecule has 0 bridgehead atoms. The third-order valence-electron chi connectivity index (χ3n) is 4.48. The van der Waals surface area contributed by atoms with E-state index in [4.69, 9.17) is 0 Å². The van der Waals surface area contributed by atoms with Crippen molar-refractivity contribution in [1.82, 2.24) is 24.7 Å². The molecule has 0 unspecified atom stereocenters. The lowest BCUT2D eigenvalue weighted by atomic mass is 10.2. The summed E-state index contributed by atoms with van der Waals surface area (Å²) in [4.78, 5) is 20.9. The first kappa shape index (κ1) is 17.5. The predicted octanol–water partition coefficient (Wildman–Crippen LogP) is 2.29. The van der Waals surface area contributed by atoms with Crippen LogP contribution in [-0.4, -0.2) is 64.1 Å². The van der Waals surface area contributed by atoms with Gasteiger partial charge in [-0.15, -0.1) is 0 Å². The number of piperazine rings is 1. The summed E-state index contributed by atoms with van der Waals surface area (Å²) < 4.78 is 2.20. The number of benzene rings is 1. The summed E-state index contributed by atoms with van der Waals surface area (Å²) in [5.74, 6) is 1.01. The Bertz CT molecular complexity index is 674. The molecule has 1 aliphatic rings. The molecular formula is C19H27N5O. The van der Waals surface area contributed by atoms with Gasteiger partial charge in [-0.25, -0.2) is 9.78 Å². The maximum Gasteiger partial charge on any atom is 0.317 e. The molecular weight excluding hydrogens is 314 g/mol. The van der Waals surface area contributed by atoms with E-state index in [9.17, 15) is 4.79 Å². The van der Waals surface area contributed by atoms with E-state index in [1.54, 1.807) is 0 Å². The van der Waals surface area contributed by atoms with Crippen LogP contribution in [0.1, 0.15) is 13.8 Å². The molecule has 0 saturated carbocycles. The predicted molar refractivity (Wildman–Crippen MR) is 99.3 cm³/mol. The van der Waals surface area contributed by atoms with Crippen molar-refractivity contribution < 1.29 is 4.79 Å². The number of hydrogen-bond donors (Lipinski definition) is 1. The molecule has 1 fully saturated rings. The normalized spacial score (nSPS) is 15.6. The highest BCUT2D eigenvalue weighted by Gasteiger charge is 2.21. The number of carbonyl (C=O) groups is 1. The first-order valence-electron chi connectivity index (χ1n) is 8.98. The monoisotopic (exact) mass is 341 g/mol. The third-order valence-corrected chi connectivity index (χ3v) is 4.48. The highest BCUT2D eigenvalue weighted by molar-refractivity contribution is 5.74. The minimum Gasteiger partial charge on any atom is -0.336 e. The van der Waals surface area contributed by atoms with E-state index in [2.05, 4.69) is 31.9 Å². The molecule has 134 valence electrons. The van der Waals surface area contributed by atoms with Crippen LogP contribution in [0.15, 0.2) is 42.7 Å². The highest BCUT2D eigenvalue weighted by Crippen LogP contribution is 2.16. The average Bonchev–Trinajstić information content (AvgIpc) is 3.09. The first-order chi connectivity index (χ1) is 12.1. The molecule has 1 aromatic carbocycles. The van der Waals surface area contributed by atoms with E-state index in [1.165, 1.54) is 0 Å². The van der Waals surface area contributed by atoms with Gasteiger partial charge >= 0.3 is 6.03 Å². The Labute approximate surface area is 149 Å². The van der Waals surface area contributed by atoms with Crippen LogP contribution >= 0.6 is 0 Å². The summed E-state index contributed by atoms with van der Waals surface area (Å²) in [5, 5.41) is 2.96. The maximum absolute atomic E-state index is 12.0. The van der Waals surface area contributed by atoms with Crippen molar-refractivity contribution in [2.45, 2.75) is 26.4 Å². The van der Waals surface area contributed by atoms with Crippen molar-refractivity contribution in [3.63, 3.8) is 0 Å².